The van der Waals surface area contributed by atoms with Crippen LogP contribution in [-0.2, 0) is 27.7 Å². The normalized spacial score (nSPS) is 11.3. The Morgan fingerprint density at radius 2 is 1.63 bits per heavy atom. The Bertz CT molecular complexity index is 1250. The molecule has 0 unspecified atom stereocenters. The van der Waals surface area contributed by atoms with Crippen molar-refractivity contribution in [3.8, 4) is 22.9 Å². The third-order valence-electron chi connectivity index (χ3n) is 5.63. The van der Waals surface area contributed by atoms with E-state index in [0.29, 0.717) is 24.7 Å². The number of carboxylic acid groups (broad SMARTS) is 1. The van der Waals surface area contributed by atoms with Gasteiger partial charge in [-0.3, -0.25) is 4.79 Å². The van der Waals surface area contributed by atoms with Crippen LogP contribution >= 0.6 is 0 Å². The van der Waals surface area contributed by atoms with Crippen LogP contribution in [0.5, 0.6) is 11.6 Å². The summed E-state index contributed by atoms with van der Waals surface area (Å²) in [5, 5.41) is 8.81. The van der Waals surface area contributed by atoms with Gasteiger partial charge in [-0.1, -0.05) is 37.3 Å². The summed E-state index contributed by atoms with van der Waals surface area (Å²) >= 11 is 0. The van der Waals surface area contributed by atoms with Crippen molar-refractivity contribution in [3.63, 3.8) is 0 Å². The largest absolute Gasteiger partial charge is 0.493 e. The maximum absolute atomic E-state index is 11.7. The average molecular weight is 498 g/mol. The topological polar surface area (TPSA) is 103 Å². The summed E-state index contributed by atoms with van der Waals surface area (Å²) in [7, 11) is -3.07. The molecule has 0 radical (unpaired) electrons. The highest BCUT2D eigenvalue weighted by Crippen LogP contribution is 2.31. The summed E-state index contributed by atoms with van der Waals surface area (Å²) in [6, 6.07) is 17.1. The number of carbonyl (C=O) groups is 1. The summed E-state index contributed by atoms with van der Waals surface area (Å²) in [6.07, 6.45) is 0.611. The molecule has 0 saturated heterocycles. The van der Waals surface area contributed by atoms with Crippen molar-refractivity contribution in [1.29, 1.82) is 0 Å². The molecule has 1 aromatic heterocycles. The third-order valence-corrected chi connectivity index (χ3v) is 7.29. The molecule has 1 N–H and O–H groups in total. The SMILES string of the molecule is CCS(=O)(=O)CCOc1cc(C)c(-c2cccc(OCc3ccc(CCC(=O)O)cc3)n2)c(C)c1. The van der Waals surface area contributed by atoms with Crippen LogP contribution in [0.2, 0.25) is 0 Å². The van der Waals surface area contributed by atoms with Crippen LogP contribution in [0.15, 0.2) is 54.6 Å². The molecule has 0 fully saturated rings. The Morgan fingerprint density at radius 3 is 2.26 bits per heavy atom. The van der Waals surface area contributed by atoms with Crippen molar-refractivity contribution in [1.82, 2.24) is 4.98 Å². The van der Waals surface area contributed by atoms with E-state index in [1.165, 1.54) is 0 Å². The Labute approximate surface area is 206 Å². The first-order chi connectivity index (χ1) is 16.7. The first kappa shape index (κ1) is 26.2. The summed E-state index contributed by atoms with van der Waals surface area (Å²) in [5.74, 6) is 0.430. The van der Waals surface area contributed by atoms with E-state index in [2.05, 4.69) is 4.98 Å². The molecule has 3 rings (SSSR count). The molecule has 0 saturated carbocycles. The van der Waals surface area contributed by atoms with Gasteiger partial charge in [-0.15, -0.1) is 0 Å². The minimum absolute atomic E-state index is 0.00462. The van der Waals surface area contributed by atoms with Gasteiger partial charge in [-0.25, -0.2) is 13.4 Å². The van der Waals surface area contributed by atoms with E-state index in [4.69, 9.17) is 14.6 Å². The number of aromatic nitrogens is 1. The smallest absolute Gasteiger partial charge is 0.303 e. The Morgan fingerprint density at radius 1 is 0.971 bits per heavy atom. The van der Waals surface area contributed by atoms with Crippen molar-refractivity contribution in [2.75, 3.05) is 18.1 Å². The molecule has 0 spiro atoms. The first-order valence-corrected chi connectivity index (χ1v) is 13.3. The van der Waals surface area contributed by atoms with Crippen LogP contribution in [0.1, 0.15) is 35.6 Å². The van der Waals surface area contributed by atoms with E-state index in [1.54, 1.807) is 13.0 Å². The van der Waals surface area contributed by atoms with Gasteiger partial charge in [0.2, 0.25) is 5.88 Å². The molecule has 0 atom stereocenters. The number of pyridine rings is 1. The summed E-state index contributed by atoms with van der Waals surface area (Å²) < 4.78 is 35.0. The average Bonchev–Trinajstić information content (AvgIpc) is 2.82. The standard InChI is InChI=1S/C27H31NO6S/c1-4-35(31,32)15-14-33-23-16-19(2)27(20(3)17-23)24-6-5-7-25(28-24)34-18-22-10-8-21(9-11-22)12-13-26(29)30/h5-11,16-17H,4,12-15,18H2,1-3H3,(H,29,30). The van der Waals surface area contributed by atoms with E-state index in [0.717, 1.165) is 33.5 Å². The van der Waals surface area contributed by atoms with E-state index >= 15 is 0 Å². The molecule has 186 valence electrons. The maximum atomic E-state index is 11.7. The molecule has 3 aromatic rings. The number of rotatable bonds is 12. The second-order valence-corrected chi connectivity index (χ2v) is 10.8. The third kappa shape index (κ3) is 7.82. The predicted molar refractivity (Wildman–Crippen MR) is 136 cm³/mol. The lowest BCUT2D eigenvalue weighted by molar-refractivity contribution is -0.136. The Kier molecular flexibility index (Phi) is 8.87. The zero-order valence-electron chi connectivity index (χ0n) is 20.3. The molecule has 7 nitrogen and oxygen atoms in total. The molecule has 0 amide bonds. The molecule has 0 aliphatic heterocycles. The van der Waals surface area contributed by atoms with Gasteiger partial charge in [-0.2, -0.15) is 0 Å². The van der Waals surface area contributed by atoms with Crippen LogP contribution in [0.3, 0.4) is 0 Å². The van der Waals surface area contributed by atoms with Crippen molar-refractivity contribution in [2.45, 2.75) is 40.2 Å². The van der Waals surface area contributed by atoms with Crippen molar-refractivity contribution >= 4 is 15.8 Å². The first-order valence-electron chi connectivity index (χ1n) is 11.5. The van der Waals surface area contributed by atoms with Crippen molar-refractivity contribution < 1.29 is 27.8 Å². The lowest BCUT2D eigenvalue weighted by atomic mass is 9.99. The van der Waals surface area contributed by atoms with Gasteiger partial charge < -0.3 is 14.6 Å². The lowest BCUT2D eigenvalue weighted by Gasteiger charge is -2.14. The molecule has 35 heavy (non-hydrogen) atoms. The van der Waals surface area contributed by atoms with Crippen LogP contribution in [-0.4, -0.2) is 42.6 Å². The molecule has 1 heterocycles. The minimum atomic E-state index is -3.07. The predicted octanol–water partition coefficient (Wildman–Crippen LogP) is 4.78. The molecule has 8 heteroatoms. The molecule has 0 aliphatic carbocycles. The number of carboxylic acids is 1. The van der Waals surface area contributed by atoms with E-state index in [9.17, 15) is 13.2 Å². The number of nitrogens with zero attached hydrogens (tertiary/aromatic N) is 1. The molecular formula is C27H31NO6S. The molecule has 0 aliphatic rings. The minimum Gasteiger partial charge on any atom is -0.493 e. The lowest BCUT2D eigenvalue weighted by Crippen LogP contribution is -2.15. The summed E-state index contributed by atoms with van der Waals surface area (Å²) in [5.41, 5.74) is 5.64. The summed E-state index contributed by atoms with van der Waals surface area (Å²) in [4.78, 5) is 15.4. The van der Waals surface area contributed by atoms with Gasteiger partial charge in [0.15, 0.2) is 9.84 Å². The van der Waals surface area contributed by atoms with Gasteiger partial charge in [0, 0.05) is 23.8 Å². The summed E-state index contributed by atoms with van der Waals surface area (Å²) in [6.45, 7) is 6.04. The fourth-order valence-corrected chi connectivity index (χ4v) is 4.31. The maximum Gasteiger partial charge on any atom is 0.303 e. The monoisotopic (exact) mass is 497 g/mol. The Balaban J connectivity index is 1.66. The zero-order valence-corrected chi connectivity index (χ0v) is 21.1. The highest BCUT2D eigenvalue weighted by molar-refractivity contribution is 7.91. The number of sulfone groups is 1. The number of aliphatic carboxylic acids is 1. The number of benzene rings is 2. The van der Waals surface area contributed by atoms with Gasteiger partial charge >= 0.3 is 5.97 Å². The van der Waals surface area contributed by atoms with Crippen molar-refractivity contribution in [3.05, 3.63) is 76.9 Å². The fraction of sp³-hybridized carbons (Fsp3) is 0.333. The van der Waals surface area contributed by atoms with E-state index < -0.39 is 15.8 Å². The molecule has 2 aromatic carbocycles. The number of hydrogen-bond donors (Lipinski definition) is 1. The van der Waals surface area contributed by atoms with Gasteiger partial charge in [-0.05, 0) is 60.7 Å². The van der Waals surface area contributed by atoms with Gasteiger partial charge in [0.25, 0.3) is 0 Å². The van der Waals surface area contributed by atoms with Crippen LogP contribution < -0.4 is 9.47 Å². The number of ether oxygens (including phenoxy) is 2. The van der Waals surface area contributed by atoms with Crippen molar-refractivity contribution in [2.24, 2.45) is 0 Å². The molecule has 0 bridgehead atoms. The Hall–Kier alpha value is -3.39. The number of hydrogen-bond acceptors (Lipinski definition) is 6. The zero-order chi connectivity index (χ0) is 25.4. The highest BCUT2D eigenvalue weighted by atomic mass is 32.2. The fourth-order valence-electron chi connectivity index (χ4n) is 3.69. The highest BCUT2D eigenvalue weighted by Gasteiger charge is 2.12. The van der Waals surface area contributed by atoms with Crippen LogP contribution in [0.25, 0.3) is 11.3 Å². The van der Waals surface area contributed by atoms with Crippen LogP contribution in [0.4, 0.5) is 0 Å². The van der Waals surface area contributed by atoms with E-state index in [-0.39, 0.29) is 24.5 Å². The second-order valence-electron chi connectivity index (χ2n) is 8.38. The van der Waals surface area contributed by atoms with E-state index in [1.807, 2.05) is 62.4 Å². The second kappa shape index (κ2) is 11.8. The number of aryl methyl sites for hydroxylation is 3. The van der Waals surface area contributed by atoms with Gasteiger partial charge in [0.05, 0.1) is 11.4 Å². The van der Waals surface area contributed by atoms with Gasteiger partial charge in [0.1, 0.15) is 19.0 Å². The molecular weight excluding hydrogens is 466 g/mol. The quantitative estimate of drug-likeness (QED) is 0.384. The van der Waals surface area contributed by atoms with Crippen LogP contribution in [0, 0.1) is 13.8 Å².